The summed E-state index contributed by atoms with van der Waals surface area (Å²) >= 11 is 2.95. The summed E-state index contributed by atoms with van der Waals surface area (Å²) in [6.07, 6.45) is 4.37. The molecule has 0 atom stereocenters. The quantitative estimate of drug-likeness (QED) is 0.262. The molecule has 1 N–H and O–H groups in total. The third-order valence-corrected chi connectivity index (χ3v) is 9.79. The molecule has 1 amide bonds. The molecule has 3 heterocycles. The molecule has 1 saturated heterocycles. The molecule has 2 aromatic carbocycles. The molecule has 1 aliphatic rings. The standard InChI is InChI=1S/C25H24N4O3S3/c30-23(28-19-9-11-20(12-10-19)35(31,32)29-13-5-2-6-14-29)16-33-24-21-15-22(18-7-3-1-4-8-18)34-25(21)27-17-26-24/h1,3-4,7-12,15,17H,2,5-6,13-14,16H2,(H,28,30). The number of hydrogen-bond donors (Lipinski definition) is 1. The van der Waals surface area contributed by atoms with Crippen LogP contribution < -0.4 is 5.32 Å². The third-order valence-electron chi connectivity index (χ3n) is 5.78. The second kappa shape index (κ2) is 10.4. The highest BCUT2D eigenvalue weighted by Crippen LogP contribution is 2.36. The van der Waals surface area contributed by atoms with Gasteiger partial charge in [-0.15, -0.1) is 11.3 Å². The zero-order valence-electron chi connectivity index (χ0n) is 18.9. The van der Waals surface area contributed by atoms with E-state index in [1.807, 2.05) is 18.2 Å². The molecular weight excluding hydrogens is 501 g/mol. The minimum atomic E-state index is -3.49. The second-order valence-electron chi connectivity index (χ2n) is 8.20. The van der Waals surface area contributed by atoms with Gasteiger partial charge in [0.1, 0.15) is 16.2 Å². The number of carbonyl (C=O) groups is 1. The molecule has 0 aliphatic carbocycles. The first kappa shape index (κ1) is 23.9. The summed E-state index contributed by atoms with van der Waals surface area (Å²) in [6.45, 7) is 1.12. The fourth-order valence-electron chi connectivity index (χ4n) is 3.99. The first-order valence-corrected chi connectivity index (χ1v) is 14.6. The molecule has 0 spiro atoms. The van der Waals surface area contributed by atoms with Gasteiger partial charge in [-0.1, -0.05) is 48.5 Å². The van der Waals surface area contributed by atoms with Gasteiger partial charge in [-0.3, -0.25) is 4.79 Å². The molecule has 0 radical (unpaired) electrons. The second-order valence-corrected chi connectivity index (χ2v) is 12.1. The van der Waals surface area contributed by atoms with Crippen LogP contribution in [0.2, 0.25) is 0 Å². The van der Waals surface area contributed by atoms with Crippen LogP contribution in [0.4, 0.5) is 5.69 Å². The molecule has 1 aliphatic heterocycles. The monoisotopic (exact) mass is 524 g/mol. The largest absolute Gasteiger partial charge is 0.325 e. The van der Waals surface area contributed by atoms with Crippen LogP contribution in [0.1, 0.15) is 19.3 Å². The lowest BCUT2D eigenvalue weighted by molar-refractivity contribution is -0.113. The van der Waals surface area contributed by atoms with E-state index in [4.69, 9.17) is 0 Å². The van der Waals surface area contributed by atoms with Gasteiger partial charge in [-0.25, -0.2) is 18.4 Å². The Labute approximate surface area is 212 Å². The van der Waals surface area contributed by atoms with Crippen LogP contribution in [-0.4, -0.2) is 47.4 Å². The summed E-state index contributed by atoms with van der Waals surface area (Å²) in [4.78, 5) is 23.6. The molecule has 4 aromatic rings. The van der Waals surface area contributed by atoms with E-state index < -0.39 is 10.0 Å². The molecule has 5 rings (SSSR count). The lowest BCUT2D eigenvalue weighted by Gasteiger charge is -2.25. The van der Waals surface area contributed by atoms with E-state index in [0.29, 0.717) is 18.8 Å². The van der Waals surface area contributed by atoms with Crippen molar-refractivity contribution < 1.29 is 13.2 Å². The number of thiophene rings is 1. The van der Waals surface area contributed by atoms with Crippen molar-refractivity contribution >= 4 is 54.9 Å². The Balaban J connectivity index is 1.23. The number of fused-ring (bicyclic) bond motifs is 1. The summed E-state index contributed by atoms with van der Waals surface area (Å²) in [5, 5.41) is 4.53. The van der Waals surface area contributed by atoms with Gasteiger partial charge in [0.05, 0.1) is 10.6 Å². The first-order chi connectivity index (χ1) is 17.0. The lowest BCUT2D eigenvalue weighted by atomic mass is 10.2. The Bertz CT molecular complexity index is 1430. The number of piperidine rings is 1. The van der Waals surface area contributed by atoms with E-state index in [-0.39, 0.29) is 16.6 Å². The Kier molecular flexibility index (Phi) is 7.14. The number of nitrogens with one attached hydrogen (secondary N) is 1. The van der Waals surface area contributed by atoms with Gasteiger partial charge in [-0.2, -0.15) is 4.31 Å². The number of rotatable bonds is 7. The fourth-order valence-corrected chi connectivity index (χ4v) is 7.35. The van der Waals surface area contributed by atoms with E-state index in [9.17, 15) is 13.2 Å². The Hall–Kier alpha value is -2.79. The number of anilines is 1. The molecule has 1 fully saturated rings. The average Bonchev–Trinajstić information content (AvgIpc) is 3.34. The van der Waals surface area contributed by atoms with Gasteiger partial charge < -0.3 is 5.32 Å². The van der Waals surface area contributed by atoms with E-state index >= 15 is 0 Å². The Morgan fingerprint density at radius 2 is 1.74 bits per heavy atom. The smallest absolute Gasteiger partial charge is 0.243 e. The van der Waals surface area contributed by atoms with Crippen molar-refractivity contribution in [2.45, 2.75) is 29.2 Å². The van der Waals surface area contributed by atoms with Gasteiger partial charge in [-0.05, 0) is 48.7 Å². The molecule has 0 unspecified atom stereocenters. The maximum atomic E-state index is 12.8. The van der Waals surface area contributed by atoms with Crippen LogP contribution in [0.15, 0.2) is 76.9 Å². The normalized spacial score (nSPS) is 14.7. The summed E-state index contributed by atoms with van der Waals surface area (Å²) in [5.74, 6) is -0.0110. The predicted molar refractivity (Wildman–Crippen MR) is 141 cm³/mol. The van der Waals surface area contributed by atoms with Gasteiger partial charge in [0, 0.05) is 29.0 Å². The van der Waals surface area contributed by atoms with Crippen LogP contribution in [0.25, 0.3) is 20.7 Å². The van der Waals surface area contributed by atoms with Crippen molar-refractivity contribution in [3.63, 3.8) is 0 Å². The van der Waals surface area contributed by atoms with Gasteiger partial charge >= 0.3 is 0 Å². The average molecular weight is 525 g/mol. The Morgan fingerprint density at radius 1 is 1.00 bits per heavy atom. The van der Waals surface area contributed by atoms with E-state index in [2.05, 4.69) is 33.5 Å². The summed E-state index contributed by atoms with van der Waals surface area (Å²) in [6, 6.07) is 18.5. The van der Waals surface area contributed by atoms with Gasteiger partial charge in [0.2, 0.25) is 15.9 Å². The number of carbonyl (C=O) groups excluding carboxylic acids is 1. The number of hydrogen-bond acceptors (Lipinski definition) is 7. The molecule has 2 aromatic heterocycles. The number of thioether (sulfide) groups is 1. The first-order valence-electron chi connectivity index (χ1n) is 11.3. The van der Waals surface area contributed by atoms with E-state index in [1.54, 1.807) is 35.6 Å². The maximum absolute atomic E-state index is 12.8. The Morgan fingerprint density at radius 3 is 2.49 bits per heavy atom. The number of benzene rings is 2. The number of sulfonamides is 1. The summed E-state index contributed by atoms with van der Waals surface area (Å²) in [5.41, 5.74) is 1.68. The maximum Gasteiger partial charge on any atom is 0.243 e. The molecule has 0 saturated carbocycles. The molecule has 7 nitrogen and oxygen atoms in total. The van der Waals surface area contributed by atoms with Crippen molar-refractivity contribution in [2.75, 3.05) is 24.2 Å². The van der Waals surface area contributed by atoms with Crippen LogP contribution in [0.5, 0.6) is 0 Å². The van der Waals surface area contributed by atoms with Gasteiger partial charge in [0.15, 0.2) is 0 Å². The van der Waals surface area contributed by atoms with Crippen LogP contribution in [-0.2, 0) is 14.8 Å². The minimum Gasteiger partial charge on any atom is -0.325 e. The molecule has 180 valence electrons. The molecule has 0 bridgehead atoms. The van der Waals surface area contributed by atoms with Crippen molar-refractivity contribution in [1.29, 1.82) is 0 Å². The van der Waals surface area contributed by atoms with E-state index in [0.717, 1.165) is 44.9 Å². The number of aromatic nitrogens is 2. The summed E-state index contributed by atoms with van der Waals surface area (Å²) < 4.78 is 27.1. The summed E-state index contributed by atoms with van der Waals surface area (Å²) in [7, 11) is -3.49. The highest BCUT2D eigenvalue weighted by atomic mass is 32.2. The molecule has 35 heavy (non-hydrogen) atoms. The zero-order chi connectivity index (χ0) is 24.3. The number of nitrogens with zero attached hydrogens (tertiary/aromatic N) is 3. The predicted octanol–water partition coefficient (Wildman–Crippen LogP) is 5.26. The molecular formula is C25H24N4O3S3. The fraction of sp³-hybridized carbons (Fsp3) is 0.240. The third kappa shape index (κ3) is 5.40. The van der Waals surface area contributed by atoms with Crippen molar-refractivity contribution in [1.82, 2.24) is 14.3 Å². The topological polar surface area (TPSA) is 92.3 Å². The SMILES string of the molecule is O=C(CSc1ncnc2sc(-c3ccccc3)cc12)Nc1ccc(S(=O)(=O)N2CCCCC2)cc1. The number of amides is 1. The molecule has 10 heteroatoms. The lowest BCUT2D eigenvalue weighted by Crippen LogP contribution is -2.35. The highest BCUT2D eigenvalue weighted by Gasteiger charge is 2.25. The minimum absolute atomic E-state index is 0.177. The zero-order valence-corrected chi connectivity index (χ0v) is 21.3. The van der Waals surface area contributed by atoms with Gasteiger partial charge in [0.25, 0.3) is 0 Å². The van der Waals surface area contributed by atoms with Crippen molar-refractivity contribution in [3.05, 3.63) is 67.0 Å². The van der Waals surface area contributed by atoms with Crippen LogP contribution in [0.3, 0.4) is 0 Å². The van der Waals surface area contributed by atoms with Crippen molar-refractivity contribution in [2.24, 2.45) is 0 Å². The van der Waals surface area contributed by atoms with Crippen LogP contribution in [0, 0.1) is 0 Å². The highest BCUT2D eigenvalue weighted by molar-refractivity contribution is 8.00. The van der Waals surface area contributed by atoms with Crippen LogP contribution >= 0.6 is 23.1 Å². The van der Waals surface area contributed by atoms with E-state index in [1.165, 1.54) is 22.4 Å². The van der Waals surface area contributed by atoms with Crippen molar-refractivity contribution in [3.8, 4) is 10.4 Å².